The number of aryl methyl sites for hydroxylation is 2. The zero-order chi connectivity index (χ0) is 23.8. The summed E-state index contributed by atoms with van der Waals surface area (Å²) in [6.45, 7) is 13.4. The van der Waals surface area contributed by atoms with E-state index < -0.39 is 0 Å². The highest BCUT2D eigenvalue weighted by atomic mass is 16.3. The summed E-state index contributed by atoms with van der Waals surface area (Å²) in [6.07, 6.45) is 2.45. The number of hydrogen-bond acceptors (Lipinski definition) is 6. The first kappa shape index (κ1) is 22.9. The number of pyridine rings is 1. The van der Waals surface area contributed by atoms with E-state index in [4.69, 9.17) is 4.42 Å². The summed E-state index contributed by atoms with van der Waals surface area (Å²) in [4.78, 5) is 18.4. The lowest BCUT2D eigenvalue weighted by Crippen LogP contribution is -2.35. The molecule has 33 heavy (non-hydrogen) atoms. The minimum atomic E-state index is -0.266. The Balaban J connectivity index is 1.79. The van der Waals surface area contributed by atoms with Gasteiger partial charge in [0.2, 0.25) is 0 Å². The van der Waals surface area contributed by atoms with E-state index >= 15 is 0 Å². The molecule has 0 aliphatic rings. The first-order chi connectivity index (χ1) is 15.7. The largest absolute Gasteiger partial charge is 0.468 e. The summed E-state index contributed by atoms with van der Waals surface area (Å²) in [5.41, 5.74) is 3.45. The van der Waals surface area contributed by atoms with Gasteiger partial charge in [0.1, 0.15) is 5.76 Å². The maximum absolute atomic E-state index is 13.1. The molecule has 0 bridgehead atoms. The van der Waals surface area contributed by atoms with Crippen LogP contribution in [0.25, 0.3) is 10.9 Å². The molecule has 0 unspecified atom stereocenters. The summed E-state index contributed by atoms with van der Waals surface area (Å²) in [6, 6.07) is 9.87. The Bertz CT molecular complexity index is 1300. The van der Waals surface area contributed by atoms with Gasteiger partial charge in [-0.25, -0.2) is 4.68 Å². The van der Waals surface area contributed by atoms with Gasteiger partial charge in [-0.15, -0.1) is 5.10 Å². The Kier molecular flexibility index (Phi) is 6.21. The molecule has 3 aromatic heterocycles. The molecular formula is C25H32N6O2. The van der Waals surface area contributed by atoms with Crippen molar-refractivity contribution in [3.8, 4) is 0 Å². The van der Waals surface area contributed by atoms with Crippen LogP contribution in [-0.2, 0) is 18.6 Å². The third-order valence-corrected chi connectivity index (χ3v) is 6.09. The minimum Gasteiger partial charge on any atom is -0.468 e. The van der Waals surface area contributed by atoms with E-state index in [2.05, 4.69) is 66.1 Å². The number of benzene rings is 1. The molecule has 174 valence electrons. The van der Waals surface area contributed by atoms with Crippen LogP contribution in [-0.4, -0.2) is 30.1 Å². The lowest BCUT2D eigenvalue weighted by molar-refractivity contribution is 0.142. The van der Waals surface area contributed by atoms with Gasteiger partial charge in [-0.3, -0.25) is 9.69 Å². The zero-order valence-corrected chi connectivity index (χ0v) is 20.2. The van der Waals surface area contributed by atoms with Gasteiger partial charge in [0.15, 0.2) is 5.82 Å². The Labute approximate surface area is 193 Å². The van der Waals surface area contributed by atoms with Crippen molar-refractivity contribution in [1.29, 1.82) is 0 Å². The van der Waals surface area contributed by atoms with E-state index in [0.29, 0.717) is 18.7 Å². The number of aromatic nitrogens is 5. The van der Waals surface area contributed by atoms with Crippen LogP contribution in [0.4, 0.5) is 0 Å². The predicted molar refractivity (Wildman–Crippen MR) is 128 cm³/mol. The SMILES string of the molecule is CC[C@@H](c1nnnn1C(C)(C)C)N(Cc1ccco1)Cc1cc2c(C)ccc(C)c2[nH]c1=O. The lowest BCUT2D eigenvalue weighted by atomic mass is 10.0. The Morgan fingerprint density at radius 2 is 1.91 bits per heavy atom. The van der Waals surface area contributed by atoms with Gasteiger partial charge >= 0.3 is 0 Å². The van der Waals surface area contributed by atoms with Crippen LogP contribution in [0.5, 0.6) is 0 Å². The number of nitrogens with zero attached hydrogens (tertiary/aromatic N) is 5. The van der Waals surface area contributed by atoms with Gasteiger partial charge in [0.05, 0.1) is 29.9 Å². The molecule has 0 saturated heterocycles. The van der Waals surface area contributed by atoms with E-state index in [1.54, 1.807) is 6.26 Å². The molecule has 0 spiro atoms. The molecule has 4 rings (SSSR count). The van der Waals surface area contributed by atoms with E-state index in [0.717, 1.165) is 40.0 Å². The highest BCUT2D eigenvalue weighted by Crippen LogP contribution is 2.29. The number of rotatable bonds is 7. The van der Waals surface area contributed by atoms with Crippen LogP contribution in [0.2, 0.25) is 0 Å². The normalized spacial score (nSPS) is 13.2. The molecule has 1 aromatic carbocycles. The fourth-order valence-electron chi connectivity index (χ4n) is 4.32. The monoisotopic (exact) mass is 448 g/mol. The molecule has 0 radical (unpaired) electrons. The summed E-state index contributed by atoms with van der Waals surface area (Å²) in [5, 5.41) is 13.7. The van der Waals surface area contributed by atoms with Gasteiger partial charge in [-0.2, -0.15) is 0 Å². The second-order valence-electron chi connectivity index (χ2n) is 9.64. The molecule has 1 N–H and O–H groups in total. The minimum absolute atomic E-state index is 0.0779. The van der Waals surface area contributed by atoms with Gasteiger partial charge in [0.25, 0.3) is 5.56 Å². The third-order valence-electron chi connectivity index (χ3n) is 6.09. The number of H-pyrrole nitrogens is 1. The topological polar surface area (TPSA) is 92.8 Å². The average molecular weight is 449 g/mol. The number of tetrazole rings is 1. The fraction of sp³-hybridized carbons (Fsp3) is 0.440. The van der Waals surface area contributed by atoms with Crippen molar-refractivity contribution < 1.29 is 4.42 Å². The van der Waals surface area contributed by atoms with Crippen LogP contribution in [0, 0.1) is 13.8 Å². The average Bonchev–Trinajstić information content (AvgIpc) is 3.44. The van der Waals surface area contributed by atoms with Crippen molar-refractivity contribution in [2.24, 2.45) is 0 Å². The molecule has 8 heteroatoms. The van der Waals surface area contributed by atoms with Gasteiger partial charge in [-0.05, 0) is 80.8 Å². The summed E-state index contributed by atoms with van der Waals surface area (Å²) in [5.74, 6) is 1.60. The number of fused-ring (bicyclic) bond motifs is 1. The van der Waals surface area contributed by atoms with Crippen LogP contribution in [0.1, 0.15) is 68.4 Å². The molecular weight excluding hydrogens is 416 g/mol. The second kappa shape index (κ2) is 8.94. The van der Waals surface area contributed by atoms with Crippen molar-refractivity contribution in [3.63, 3.8) is 0 Å². The summed E-state index contributed by atoms with van der Waals surface area (Å²) < 4.78 is 7.53. The van der Waals surface area contributed by atoms with Gasteiger partial charge in [0, 0.05) is 17.5 Å². The third kappa shape index (κ3) is 4.61. The van der Waals surface area contributed by atoms with Gasteiger partial charge < -0.3 is 9.40 Å². The number of hydrogen-bond donors (Lipinski definition) is 1. The molecule has 0 aliphatic carbocycles. The molecule has 4 aromatic rings. The maximum atomic E-state index is 13.1. The van der Waals surface area contributed by atoms with Crippen LogP contribution in [0.15, 0.2) is 45.8 Å². The van der Waals surface area contributed by atoms with Crippen molar-refractivity contribution in [3.05, 3.63) is 75.2 Å². The fourth-order valence-corrected chi connectivity index (χ4v) is 4.32. The van der Waals surface area contributed by atoms with Crippen molar-refractivity contribution in [2.75, 3.05) is 0 Å². The quantitative estimate of drug-likeness (QED) is 0.443. The Morgan fingerprint density at radius 3 is 2.58 bits per heavy atom. The smallest absolute Gasteiger partial charge is 0.252 e. The molecule has 0 amide bonds. The number of nitrogens with one attached hydrogen (secondary N) is 1. The van der Waals surface area contributed by atoms with E-state index in [1.165, 1.54) is 0 Å². The lowest BCUT2D eigenvalue weighted by Gasteiger charge is -2.31. The molecule has 0 fully saturated rings. The van der Waals surface area contributed by atoms with Crippen molar-refractivity contribution in [1.82, 2.24) is 30.1 Å². The van der Waals surface area contributed by atoms with Crippen molar-refractivity contribution in [2.45, 2.75) is 72.6 Å². The molecule has 0 saturated carbocycles. The predicted octanol–water partition coefficient (Wildman–Crippen LogP) is 4.63. The van der Waals surface area contributed by atoms with E-state index in [9.17, 15) is 4.79 Å². The summed E-state index contributed by atoms with van der Waals surface area (Å²) >= 11 is 0. The second-order valence-corrected chi connectivity index (χ2v) is 9.64. The van der Waals surface area contributed by atoms with Crippen LogP contribution < -0.4 is 5.56 Å². The highest BCUT2D eigenvalue weighted by molar-refractivity contribution is 5.85. The Hall–Kier alpha value is -3.26. The van der Waals surface area contributed by atoms with Crippen LogP contribution >= 0.6 is 0 Å². The number of aromatic amines is 1. The molecule has 1 atom stereocenters. The van der Waals surface area contributed by atoms with Gasteiger partial charge in [-0.1, -0.05) is 19.1 Å². The first-order valence-corrected chi connectivity index (χ1v) is 11.4. The molecule has 3 heterocycles. The van der Waals surface area contributed by atoms with E-state index in [1.807, 2.05) is 35.9 Å². The molecule has 0 aliphatic heterocycles. The maximum Gasteiger partial charge on any atom is 0.252 e. The highest BCUT2D eigenvalue weighted by Gasteiger charge is 2.30. The first-order valence-electron chi connectivity index (χ1n) is 11.4. The zero-order valence-electron chi connectivity index (χ0n) is 20.2. The summed E-state index contributed by atoms with van der Waals surface area (Å²) in [7, 11) is 0. The number of furan rings is 1. The molecule has 8 nitrogen and oxygen atoms in total. The standard InChI is InChI=1S/C25H32N6O2/c1-7-21(23-27-28-29-31(23)25(4,5)6)30(15-19-9-8-12-33-19)14-18-13-20-16(2)10-11-17(3)22(20)26-24(18)32/h8-13,21H,7,14-15H2,1-6H3,(H,26,32)/t21-/m0/s1. The van der Waals surface area contributed by atoms with Crippen molar-refractivity contribution >= 4 is 10.9 Å². The van der Waals surface area contributed by atoms with E-state index in [-0.39, 0.29) is 17.1 Å². The van der Waals surface area contributed by atoms with Crippen LogP contribution in [0.3, 0.4) is 0 Å². The Morgan fingerprint density at radius 1 is 1.15 bits per heavy atom.